The lowest BCUT2D eigenvalue weighted by Gasteiger charge is -2.36. The third kappa shape index (κ3) is 5.31. The Hall–Kier alpha value is 0.410. The molecule has 2 atom stereocenters. The van der Waals surface area contributed by atoms with Crippen LogP contribution in [-0.2, 0) is 10.0 Å². The van der Waals surface area contributed by atoms with Crippen LogP contribution in [0.15, 0.2) is 0 Å². The second-order valence-electron chi connectivity index (χ2n) is 5.70. The summed E-state index contributed by atoms with van der Waals surface area (Å²) in [5.41, 5.74) is 0. The molecule has 0 aromatic carbocycles. The minimum absolute atomic E-state index is 0. The molecule has 0 spiro atoms. The van der Waals surface area contributed by atoms with E-state index in [1.54, 1.807) is 14.1 Å². The number of halogens is 2. The Kier molecular flexibility index (Phi) is 8.94. The second kappa shape index (κ2) is 8.76. The molecule has 0 aliphatic carbocycles. The predicted octanol–water partition coefficient (Wildman–Crippen LogP) is 0.795. The van der Waals surface area contributed by atoms with E-state index < -0.39 is 10.0 Å². The van der Waals surface area contributed by atoms with E-state index in [1.807, 2.05) is 0 Å². The SMILES string of the molecule is CN(C)S(=O)(=O)CCCN1C[C@@H]2CC[C@H]1CNC2.Cl.Cl. The first-order valence-corrected chi connectivity index (χ1v) is 8.45. The fourth-order valence-electron chi connectivity index (χ4n) is 2.94. The van der Waals surface area contributed by atoms with Crippen LogP contribution in [0, 0.1) is 5.92 Å². The molecule has 0 radical (unpaired) electrons. The van der Waals surface area contributed by atoms with Gasteiger partial charge in [-0.1, -0.05) is 0 Å². The van der Waals surface area contributed by atoms with Gasteiger partial charge in [0.15, 0.2) is 0 Å². The van der Waals surface area contributed by atoms with Crippen molar-refractivity contribution in [2.75, 3.05) is 46.0 Å². The monoisotopic (exact) mass is 347 g/mol. The number of sulfonamides is 1. The van der Waals surface area contributed by atoms with Gasteiger partial charge >= 0.3 is 0 Å². The summed E-state index contributed by atoms with van der Waals surface area (Å²) in [5, 5.41) is 3.50. The van der Waals surface area contributed by atoms with E-state index in [9.17, 15) is 8.42 Å². The number of rotatable bonds is 5. The summed E-state index contributed by atoms with van der Waals surface area (Å²) in [5.74, 6) is 1.02. The molecule has 3 rings (SSSR count). The molecule has 122 valence electrons. The van der Waals surface area contributed by atoms with E-state index in [0.717, 1.165) is 38.5 Å². The van der Waals surface area contributed by atoms with Gasteiger partial charge in [-0.3, -0.25) is 4.90 Å². The van der Waals surface area contributed by atoms with Gasteiger partial charge in [0.1, 0.15) is 0 Å². The molecule has 5 nitrogen and oxygen atoms in total. The molecule has 1 N–H and O–H groups in total. The van der Waals surface area contributed by atoms with Gasteiger partial charge in [0, 0.05) is 33.2 Å². The van der Waals surface area contributed by atoms with Crippen molar-refractivity contribution in [1.82, 2.24) is 14.5 Å². The van der Waals surface area contributed by atoms with Gasteiger partial charge in [-0.15, -0.1) is 24.8 Å². The standard InChI is InChI=1S/C12H25N3O2S.2ClH/c1-14(2)18(16,17)7-3-6-15-10-11-4-5-12(15)9-13-8-11;;/h11-13H,3-10H2,1-2H3;2*1H/t11-,12+;;/m1../s1. The molecule has 0 unspecified atom stereocenters. The van der Waals surface area contributed by atoms with Crippen LogP contribution in [0.5, 0.6) is 0 Å². The van der Waals surface area contributed by atoms with Gasteiger partial charge in [-0.25, -0.2) is 12.7 Å². The molecular formula is C12H27Cl2N3O2S. The summed E-state index contributed by atoms with van der Waals surface area (Å²) >= 11 is 0. The van der Waals surface area contributed by atoms with Gasteiger partial charge in [-0.05, 0) is 38.3 Å². The van der Waals surface area contributed by atoms with Gasteiger partial charge in [0.25, 0.3) is 0 Å². The largest absolute Gasteiger partial charge is 0.315 e. The molecule has 3 saturated heterocycles. The highest BCUT2D eigenvalue weighted by atomic mass is 35.5. The van der Waals surface area contributed by atoms with Crippen molar-refractivity contribution in [2.24, 2.45) is 5.92 Å². The molecule has 0 aromatic heterocycles. The maximum atomic E-state index is 11.7. The summed E-state index contributed by atoms with van der Waals surface area (Å²) in [7, 11) is 0.179. The number of nitrogens with zero attached hydrogens (tertiary/aromatic N) is 2. The van der Waals surface area contributed by atoms with Crippen molar-refractivity contribution >= 4 is 34.8 Å². The molecule has 3 aliphatic rings. The highest BCUT2D eigenvalue weighted by Gasteiger charge is 2.30. The van der Waals surface area contributed by atoms with Crippen LogP contribution in [0.1, 0.15) is 19.3 Å². The lowest BCUT2D eigenvalue weighted by Crippen LogP contribution is -2.44. The number of fused-ring (bicyclic) bond motifs is 4. The Balaban J connectivity index is 0.00000180. The number of nitrogens with one attached hydrogen (secondary N) is 1. The summed E-state index contributed by atoms with van der Waals surface area (Å²) in [6.45, 7) is 4.25. The molecule has 0 saturated carbocycles. The van der Waals surface area contributed by atoms with Crippen LogP contribution in [0.4, 0.5) is 0 Å². The quantitative estimate of drug-likeness (QED) is 0.798. The van der Waals surface area contributed by atoms with E-state index in [4.69, 9.17) is 0 Å². The zero-order valence-electron chi connectivity index (χ0n) is 12.2. The van der Waals surface area contributed by atoms with Crippen LogP contribution < -0.4 is 5.32 Å². The summed E-state index contributed by atoms with van der Waals surface area (Å²) in [4.78, 5) is 2.49. The second-order valence-corrected chi connectivity index (χ2v) is 8.00. The van der Waals surface area contributed by atoms with Gasteiger partial charge < -0.3 is 5.32 Å². The van der Waals surface area contributed by atoms with E-state index in [1.165, 1.54) is 17.1 Å². The smallest absolute Gasteiger partial charge is 0.213 e. The normalized spacial score (nSPS) is 26.8. The minimum atomic E-state index is -3.03. The molecule has 3 fully saturated rings. The summed E-state index contributed by atoms with van der Waals surface area (Å²) < 4.78 is 24.7. The average Bonchev–Trinajstić information content (AvgIpc) is 2.63. The molecule has 0 aromatic rings. The molecule has 2 bridgehead atoms. The van der Waals surface area contributed by atoms with Gasteiger partial charge in [-0.2, -0.15) is 0 Å². The maximum Gasteiger partial charge on any atom is 0.213 e. The molecule has 0 amide bonds. The number of piperidine rings is 1. The lowest BCUT2D eigenvalue weighted by atomic mass is 9.95. The van der Waals surface area contributed by atoms with E-state index in [-0.39, 0.29) is 30.6 Å². The fraction of sp³-hybridized carbons (Fsp3) is 1.00. The Labute approximate surface area is 135 Å². The topological polar surface area (TPSA) is 52.7 Å². The fourth-order valence-corrected chi connectivity index (χ4v) is 3.80. The third-order valence-electron chi connectivity index (χ3n) is 4.13. The zero-order chi connectivity index (χ0) is 13.2. The van der Waals surface area contributed by atoms with Gasteiger partial charge in [0.05, 0.1) is 5.75 Å². The minimum Gasteiger partial charge on any atom is -0.315 e. The maximum absolute atomic E-state index is 11.7. The van der Waals surface area contributed by atoms with Crippen molar-refractivity contribution in [3.63, 3.8) is 0 Å². The van der Waals surface area contributed by atoms with E-state index in [2.05, 4.69) is 10.2 Å². The molecule has 20 heavy (non-hydrogen) atoms. The average molecular weight is 348 g/mol. The number of hydrogen-bond acceptors (Lipinski definition) is 4. The Bertz CT molecular complexity index is 375. The first-order valence-electron chi connectivity index (χ1n) is 6.84. The van der Waals surface area contributed by atoms with Crippen LogP contribution in [-0.4, -0.2) is 69.7 Å². The predicted molar refractivity (Wildman–Crippen MR) is 87.5 cm³/mol. The van der Waals surface area contributed by atoms with Crippen molar-refractivity contribution < 1.29 is 8.42 Å². The van der Waals surface area contributed by atoms with Crippen LogP contribution in [0.3, 0.4) is 0 Å². The van der Waals surface area contributed by atoms with Crippen LogP contribution in [0.25, 0.3) is 0 Å². The van der Waals surface area contributed by atoms with Crippen molar-refractivity contribution in [3.8, 4) is 0 Å². The van der Waals surface area contributed by atoms with Crippen LogP contribution >= 0.6 is 24.8 Å². The molecular weight excluding hydrogens is 321 g/mol. The Morgan fingerprint density at radius 3 is 2.55 bits per heavy atom. The zero-order valence-corrected chi connectivity index (χ0v) is 14.7. The molecule has 3 heterocycles. The first kappa shape index (κ1) is 20.4. The Morgan fingerprint density at radius 2 is 1.90 bits per heavy atom. The lowest BCUT2D eigenvalue weighted by molar-refractivity contribution is 0.134. The Morgan fingerprint density at radius 1 is 1.20 bits per heavy atom. The summed E-state index contributed by atoms with van der Waals surface area (Å²) in [6.07, 6.45) is 3.33. The van der Waals surface area contributed by atoms with E-state index in [0.29, 0.717) is 6.04 Å². The van der Waals surface area contributed by atoms with Gasteiger partial charge in [0.2, 0.25) is 10.0 Å². The van der Waals surface area contributed by atoms with Crippen LogP contribution in [0.2, 0.25) is 0 Å². The molecule has 8 heteroatoms. The first-order chi connectivity index (χ1) is 8.49. The highest BCUT2D eigenvalue weighted by molar-refractivity contribution is 7.89. The molecule has 3 aliphatic heterocycles. The highest BCUT2D eigenvalue weighted by Crippen LogP contribution is 2.24. The third-order valence-corrected chi connectivity index (χ3v) is 6.05. The van der Waals surface area contributed by atoms with Crippen molar-refractivity contribution in [3.05, 3.63) is 0 Å². The summed E-state index contributed by atoms with van der Waals surface area (Å²) in [6, 6.07) is 0.616. The van der Waals surface area contributed by atoms with E-state index >= 15 is 0 Å². The number of hydrogen-bond donors (Lipinski definition) is 1. The van der Waals surface area contributed by atoms with Crippen molar-refractivity contribution in [1.29, 1.82) is 0 Å². The van der Waals surface area contributed by atoms with Crippen molar-refractivity contribution in [2.45, 2.75) is 25.3 Å².